The fraction of sp³-hybridized carbons (Fsp3) is 0.0714. The number of rotatable bonds is 3. The molecule has 1 nitrogen and oxygen atoms in total. The van der Waals surface area contributed by atoms with Crippen molar-refractivity contribution in [3.63, 3.8) is 0 Å². The average Bonchev–Trinajstić information content (AvgIpc) is 2.37. The Kier molecular flexibility index (Phi) is 4.81. The van der Waals surface area contributed by atoms with Crippen molar-refractivity contribution in [2.24, 2.45) is 0 Å². The molecule has 0 radical (unpaired) electrons. The Balaban J connectivity index is 2.28. The van der Waals surface area contributed by atoms with Gasteiger partial charge in [0.15, 0.2) is 5.78 Å². The Morgan fingerprint density at radius 3 is 2.53 bits per heavy atom. The molecule has 0 fully saturated rings. The molecule has 2 rings (SSSR count). The molecular formula is C14H8Cl2FIO. The maximum atomic E-state index is 13.6. The number of hydrogen-bond donors (Lipinski definition) is 0. The molecule has 0 amide bonds. The third-order valence-electron chi connectivity index (χ3n) is 2.64. The van der Waals surface area contributed by atoms with Crippen molar-refractivity contribution in [1.29, 1.82) is 0 Å². The maximum Gasteiger partial charge on any atom is 0.167 e. The Bertz CT molecular complexity index is 623. The van der Waals surface area contributed by atoms with Gasteiger partial charge in [-0.1, -0.05) is 35.3 Å². The quantitative estimate of drug-likeness (QED) is 0.506. The number of carbonyl (C=O) groups excluding carboxylic acids is 1. The third kappa shape index (κ3) is 3.46. The van der Waals surface area contributed by atoms with Crippen molar-refractivity contribution >= 4 is 51.6 Å². The van der Waals surface area contributed by atoms with Crippen LogP contribution >= 0.6 is 45.8 Å². The van der Waals surface area contributed by atoms with E-state index in [1.54, 1.807) is 24.3 Å². The first-order valence-electron chi connectivity index (χ1n) is 5.40. The highest BCUT2D eigenvalue weighted by molar-refractivity contribution is 14.1. The summed E-state index contributed by atoms with van der Waals surface area (Å²) in [6.07, 6.45) is -0.0809. The van der Waals surface area contributed by atoms with Gasteiger partial charge in [0.05, 0.1) is 5.02 Å². The molecule has 0 atom stereocenters. The van der Waals surface area contributed by atoms with Crippen LogP contribution in [0.4, 0.5) is 4.39 Å². The van der Waals surface area contributed by atoms with Crippen molar-refractivity contribution in [3.05, 3.63) is 67.0 Å². The molecule has 0 aromatic heterocycles. The van der Waals surface area contributed by atoms with E-state index in [4.69, 9.17) is 23.2 Å². The monoisotopic (exact) mass is 408 g/mol. The van der Waals surface area contributed by atoms with Gasteiger partial charge in [0.25, 0.3) is 0 Å². The van der Waals surface area contributed by atoms with E-state index < -0.39 is 5.82 Å². The SMILES string of the molecule is O=C(Cc1c(F)cccc1Cl)c1ccc(I)c(Cl)c1. The van der Waals surface area contributed by atoms with Gasteiger partial charge in [-0.3, -0.25) is 4.79 Å². The van der Waals surface area contributed by atoms with Gasteiger partial charge in [0.1, 0.15) is 5.82 Å². The Morgan fingerprint density at radius 2 is 1.89 bits per heavy atom. The Labute approximate surface area is 133 Å². The van der Waals surface area contributed by atoms with Crippen LogP contribution in [0.1, 0.15) is 15.9 Å². The van der Waals surface area contributed by atoms with E-state index in [1.165, 1.54) is 12.1 Å². The molecule has 0 N–H and O–H groups in total. The highest BCUT2D eigenvalue weighted by Crippen LogP contribution is 2.23. The van der Waals surface area contributed by atoms with Gasteiger partial charge in [-0.15, -0.1) is 0 Å². The Morgan fingerprint density at radius 1 is 1.16 bits per heavy atom. The van der Waals surface area contributed by atoms with Gasteiger partial charge in [-0.25, -0.2) is 4.39 Å². The second-order valence-electron chi connectivity index (χ2n) is 3.93. The van der Waals surface area contributed by atoms with Crippen LogP contribution in [-0.2, 0) is 6.42 Å². The van der Waals surface area contributed by atoms with Gasteiger partial charge in [-0.05, 0) is 46.9 Å². The van der Waals surface area contributed by atoms with Crippen LogP contribution < -0.4 is 0 Å². The van der Waals surface area contributed by atoms with E-state index in [1.807, 2.05) is 0 Å². The van der Waals surface area contributed by atoms with Crippen LogP contribution in [0.25, 0.3) is 0 Å². The van der Waals surface area contributed by atoms with E-state index >= 15 is 0 Å². The van der Waals surface area contributed by atoms with Crippen LogP contribution in [0.2, 0.25) is 10.0 Å². The molecular weight excluding hydrogens is 401 g/mol. The Hall–Kier alpha value is -0.650. The van der Waals surface area contributed by atoms with E-state index in [-0.39, 0.29) is 22.8 Å². The molecule has 0 aliphatic carbocycles. The molecule has 0 saturated heterocycles. The summed E-state index contributed by atoms with van der Waals surface area (Å²) >= 11 is 13.9. The van der Waals surface area contributed by atoms with Crippen molar-refractivity contribution in [2.45, 2.75) is 6.42 Å². The van der Waals surface area contributed by atoms with Crippen molar-refractivity contribution < 1.29 is 9.18 Å². The number of halogens is 4. The maximum absolute atomic E-state index is 13.6. The predicted molar refractivity (Wildman–Crippen MR) is 83.6 cm³/mol. The number of benzene rings is 2. The highest BCUT2D eigenvalue weighted by Gasteiger charge is 2.14. The molecule has 0 bridgehead atoms. The highest BCUT2D eigenvalue weighted by atomic mass is 127. The predicted octanol–water partition coefficient (Wildman–Crippen LogP) is 5.16. The minimum absolute atomic E-state index is 0.0809. The van der Waals surface area contributed by atoms with Crippen molar-refractivity contribution in [1.82, 2.24) is 0 Å². The zero-order valence-corrected chi connectivity index (χ0v) is 13.3. The summed E-state index contributed by atoms with van der Waals surface area (Å²) in [5.74, 6) is -0.692. The average molecular weight is 409 g/mol. The zero-order chi connectivity index (χ0) is 14.0. The smallest absolute Gasteiger partial charge is 0.167 e. The molecule has 19 heavy (non-hydrogen) atoms. The van der Waals surface area contributed by atoms with Gasteiger partial charge in [0, 0.05) is 26.1 Å². The van der Waals surface area contributed by atoms with Crippen LogP contribution in [0.5, 0.6) is 0 Å². The first-order valence-corrected chi connectivity index (χ1v) is 7.23. The van der Waals surface area contributed by atoms with E-state index in [2.05, 4.69) is 22.6 Å². The number of carbonyl (C=O) groups is 1. The van der Waals surface area contributed by atoms with Gasteiger partial charge in [-0.2, -0.15) is 0 Å². The van der Waals surface area contributed by atoms with E-state index in [0.29, 0.717) is 10.6 Å². The molecule has 2 aromatic carbocycles. The number of ketones is 1. The lowest BCUT2D eigenvalue weighted by Crippen LogP contribution is -2.06. The lowest BCUT2D eigenvalue weighted by atomic mass is 10.0. The van der Waals surface area contributed by atoms with Gasteiger partial charge in [0.2, 0.25) is 0 Å². The van der Waals surface area contributed by atoms with Crippen LogP contribution in [0, 0.1) is 9.39 Å². The zero-order valence-electron chi connectivity index (χ0n) is 9.59. The van der Waals surface area contributed by atoms with Crippen molar-refractivity contribution in [3.8, 4) is 0 Å². The standard InChI is InChI=1S/C14H8Cl2FIO/c15-10-2-1-3-12(17)9(10)7-14(19)8-4-5-13(18)11(16)6-8/h1-6H,7H2. The molecule has 0 aliphatic rings. The van der Waals surface area contributed by atoms with Gasteiger partial charge < -0.3 is 0 Å². The fourth-order valence-electron chi connectivity index (χ4n) is 1.63. The minimum atomic E-state index is -0.475. The first-order chi connectivity index (χ1) is 8.99. The van der Waals surface area contributed by atoms with Crippen LogP contribution in [-0.4, -0.2) is 5.78 Å². The fourth-order valence-corrected chi connectivity index (χ4v) is 2.38. The molecule has 0 unspecified atom stereocenters. The molecule has 5 heteroatoms. The lowest BCUT2D eigenvalue weighted by molar-refractivity contribution is 0.0992. The second kappa shape index (κ2) is 6.20. The summed E-state index contributed by atoms with van der Waals surface area (Å²) in [5.41, 5.74) is 0.661. The minimum Gasteiger partial charge on any atom is -0.294 e. The number of Topliss-reactive ketones (excluding diaryl/α,β-unsaturated/α-hetero) is 1. The summed E-state index contributed by atoms with van der Waals surface area (Å²) < 4.78 is 14.5. The second-order valence-corrected chi connectivity index (χ2v) is 5.91. The molecule has 0 saturated carbocycles. The van der Waals surface area contributed by atoms with E-state index in [0.717, 1.165) is 3.57 Å². The van der Waals surface area contributed by atoms with E-state index in [9.17, 15) is 9.18 Å². The first kappa shape index (κ1) is 14.8. The summed E-state index contributed by atoms with van der Waals surface area (Å²) in [5, 5.41) is 0.760. The van der Waals surface area contributed by atoms with Crippen molar-refractivity contribution in [2.75, 3.05) is 0 Å². The molecule has 2 aromatic rings. The molecule has 0 aliphatic heterocycles. The summed E-state index contributed by atoms with van der Waals surface area (Å²) in [6, 6.07) is 9.36. The lowest BCUT2D eigenvalue weighted by Gasteiger charge is -2.06. The summed E-state index contributed by atoms with van der Waals surface area (Å²) in [6.45, 7) is 0. The van der Waals surface area contributed by atoms with Crippen LogP contribution in [0.15, 0.2) is 36.4 Å². The largest absolute Gasteiger partial charge is 0.294 e. The summed E-state index contributed by atoms with van der Waals surface area (Å²) in [7, 11) is 0. The molecule has 0 spiro atoms. The summed E-state index contributed by atoms with van der Waals surface area (Å²) in [4.78, 5) is 12.1. The topological polar surface area (TPSA) is 17.1 Å². The molecule has 0 heterocycles. The van der Waals surface area contributed by atoms with Gasteiger partial charge >= 0.3 is 0 Å². The van der Waals surface area contributed by atoms with Crippen LogP contribution in [0.3, 0.4) is 0 Å². The third-order valence-corrected chi connectivity index (χ3v) is 4.57. The number of hydrogen-bond acceptors (Lipinski definition) is 1. The normalized spacial score (nSPS) is 10.5. The molecule has 98 valence electrons.